The van der Waals surface area contributed by atoms with E-state index in [1.165, 1.54) is 12.0 Å². The molecular weight excluding hydrogens is 432 g/mol. The lowest BCUT2D eigenvalue weighted by Crippen LogP contribution is -2.31. The van der Waals surface area contributed by atoms with E-state index in [4.69, 9.17) is 9.15 Å². The monoisotopic (exact) mass is 454 g/mol. The number of furan rings is 1. The molecule has 34 heavy (non-hydrogen) atoms. The maximum absolute atomic E-state index is 13.7. The van der Waals surface area contributed by atoms with Crippen LogP contribution in [0.3, 0.4) is 0 Å². The zero-order valence-corrected chi connectivity index (χ0v) is 18.9. The van der Waals surface area contributed by atoms with Crippen LogP contribution < -0.4 is 9.64 Å². The van der Waals surface area contributed by atoms with Crippen LogP contribution in [-0.2, 0) is 4.79 Å². The second kappa shape index (κ2) is 8.19. The number of methoxy groups -OCH3 is 1. The lowest BCUT2D eigenvalue weighted by atomic mass is 9.95. The summed E-state index contributed by atoms with van der Waals surface area (Å²) in [4.78, 5) is 32.6. The number of para-hydroxylation sites is 1. The molecule has 2 aromatic heterocycles. The van der Waals surface area contributed by atoms with E-state index in [-0.39, 0.29) is 11.3 Å². The molecule has 1 amide bonds. The molecule has 7 nitrogen and oxygen atoms in total. The lowest BCUT2D eigenvalue weighted by Gasteiger charge is -2.27. The molecule has 0 radical (unpaired) electrons. The Bertz CT molecular complexity index is 1470. The summed E-state index contributed by atoms with van der Waals surface area (Å²) in [5.41, 5.74) is 3.57. The van der Waals surface area contributed by atoms with Gasteiger partial charge < -0.3 is 14.3 Å². The van der Waals surface area contributed by atoms with Gasteiger partial charge in [-0.15, -0.1) is 0 Å². The van der Waals surface area contributed by atoms with Crippen LogP contribution in [0.15, 0.2) is 82.7 Å². The Morgan fingerprint density at radius 1 is 1.09 bits per heavy atom. The van der Waals surface area contributed by atoms with Crippen LogP contribution >= 0.6 is 0 Å². The number of aliphatic hydroxyl groups is 1. The third kappa shape index (κ3) is 3.33. The number of aryl methyl sites for hydroxylation is 2. The van der Waals surface area contributed by atoms with E-state index in [9.17, 15) is 14.7 Å². The Morgan fingerprint density at radius 3 is 2.62 bits per heavy atom. The van der Waals surface area contributed by atoms with Crippen LogP contribution in [0, 0.1) is 13.8 Å². The highest BCUT2D eigenvalue weighted by Crippen LogP contribution is 2.42. The Morgan fingerprint density at radius 2 is 1.91 bits per heavy atom. The highest BCUT2D eigenvalue weighted by atomic mass is 16.5. The number of ether oxygens (including phenoxy) is 1. The standard InChI is InChI=1S/C27H22N2O5/c1-15-9-10-19(12-16(15)2)29-23(18-7-5-11-28-14-18)22(25(31)27(29)32)24(30)21-13-17-6-4-8-20(33-3)26(17)34-21/h4-14,23,31H,1-3H3. The van der Waals surface area contributed by atoms with Crippen molar-refractivity contribution in [1.29, 1.82) is 0 Å². The molecule has 1 aliphatic rings. The summed E-state index contributed by atoms with van der Waals surface area (Å²) < 4.78 is 11.2. The molecule has 2 aromatic carbocycles. The van der Waals surface area contributed by atoms with Gasteiger partial charge in [-0.05, 0) is 60.9 Å². The first-order valence-corrected chi connectivity index (χ1v) is 10.8. The van der Waals surface area contributed by atoms with E-state index >= 15 is 0 Å². The zero-order valence-electron chi connectivity index (χ0n) is 18.9. The number of Topliss-reactive ketones (excluding diaryl/α,β-unsaturated/α-hetero) is 1. The van der Waals surface area contributed by atoms with E-state index in [0.29, 0.717) is 28.0 Å². The highest BCUT2D eigenvalue weighted by Gasteiger charge is 2.45. The molecule has 170 valence electrons. The third-order valence-corrected chi connectivity index (χ3v) is 6.17. The fraction of sp³-hybridized carbons (Fsp3) is 0.148. The number of rotatable bonds is 5. The highest BCUT2D eigenvalue weighted by molar-refractivity contribution is 6.20. The second-order valence-electron chi connectivity index (χ2n) is 8.21. The molecule has 0 bridgehead atoms. The average Bonchev–Trinajstić information content (AvgIpc) is 3.40. The Labute approximate surface area is 195 Å². The lowest BCUT2D eigenvalue weighted by molar-refractivity contribution is -0.117. The van der Waals surface area contributed by atoms with E-state index < -0.39 is 23.5 Å². The van der Waals surface area contributed by atoms with Gasteiger partial charge >= 0.3 is 0 Å². The van der Waals surface area contributed by atoms with Crippen molar-refractivity contribution in [3.8, 4) is 5.75 Å². The molecule has 5 rings (SSSR count). The van der Waals surface area contributed by atoms with Crippen LogP contribution in [0.25, 0.3) is 11.0 Å². The fourth-order valence-electron chi connectivity index (χ4n) is 4.27. The van der Waals surface area contributed by atoms with Crippen molar-refractivity contribution >= 4 is 28.3 Å². The Hall–Kier alpha value is -4.39. The predicted octanol–water partition coefficient (Wildman–Crippen LogP) is 5.24. The first kappa shape index (κ1) is 21.5. The molecule has 1 unspecified atom stereocenters. The number of benzene rings is 2. The topological polar surface area (TPSA) is 92.9 Å². The summed E-state index contributed by atoms with van der Waals surface area (Å²) in [6.45, 7) is 3.92. The molecule has 0 fully saturated rings. The molecule has 4 aromatic rings. The van der Waals surface area contributed by atoms with Crippen LogP contribution in [0.1, 0.15) is 33.3 Å². The Kier molecular flexibility index (Phi) is 5.17. The molecule has 0 saturated heterocycles. The van der Waals surface area contributed by atoms with Crippen LogP contribution in [-0.4, -0.2) is 28.9 Å². The number of hydrogen-bond acceptors (Lipinski definition) is 6. The minimum Gasteiger partial charge on any atom is -0.503 e. The number of anilines is 1. The second-order valence-corrected chi connectivity index (χ2v) is 8.21. The average molecular weight is 454 g/mol. The number of carbonyl (C=O) groups excluding carboxylic acids is 2. The normalized spacial score (nSPS) is 15.9. The van der Waals surface area contributed by atoms with Gasteiger partial charge in [-0.1, -0.05) is 24.3 Å². The summed E-state index contributed by atoms with van der Waals surface area (Å²) in [6.07, 6.45) is 3.19. The number of fused-ring (bicyclic) bond motifs is 1. The van der Waals surface area contributed by atoms with E-state index in [1.807, 2.05) is 26.0 Å². The number of nitrogens with zero attached hydrogens (tertiary/aromatic N) is 2. The number of pyridine rings is 1. The first-order valence-electron chi connectivity index (χ1n) is 10.8. The summed E-state index contributed by atoms with van der Waals surface area (Å²) in [6, 6.07) is 15.1. The molecular formula is C27H22N2O5. The molecule has 1 N–H and O–H groups in total. The van der Waals surface area contributed by atoms with Gasteiger partial charge in [0, 0.05) is 23.5 Å². The van der Waals surface area contributed by atoms with Gasteiger partial charge in [0.2, 0.25) is 5.78 Å². The van der Waals surface area contributed by atoms with Crippen molar-refractivity contribution in [3.63, 3.8) is 0 Å². The SMILES string of the molecule is COc1cccc2cc(C(=O)C3=C(O)C(=O)N(c4ccc(C)c(C)c4)C3c3cccnc3)oc12. The zero-order chi connectivity index (χ0) is 24.0. The van der Waals surface area contributed by atoms with Crippen LogP contribution in [0.5, 0.6) is 5.75 Å². The minimum absolute atomic E-state index is 0.00433. The largest absolute Gasteiger partial charge is 0.503 e. The van der Waals surface area contributed by atoms with Crippen molar-refractivity contribution in [2.45, 2.75) is 19.9 Å². The number of ketones is 1. The summed E-state index contributed by atoms with van der Waals surface area (Å²) in [5, 5.41) is 11.6. The van der Waals surface area contributed by atoms with Crippen molar-refractivity contribution in [3.05, 3.63) is 101 Å². The van der Waals surface area contributed by atoms with Gasteiger partial charge in [-0.25, -0.2) is 0 Å². The van der Waals surface area contributed by atoms with Gasteiger partial charge in [0.25, 0.3) is 5.91 Å². The molecule has 1 aliphatic heterocycles. The van der Waals surface area contributed by atoms with Gasteiger partial charge in [-0.3, -0.25) is 19.5 Å². The summed E-state index contributed by atoms with van der Waals surface area (Å²) in [7, 11) is 1.52. The summed E-state index contributed by atoms with van der Waals surface area (Å²) >= 11 is 0. The van der Waals surface area contributed by atoms with Crippen molar-refractivity contribution < 1.29 is 23.8 Å². The van der Waals surface area contributed by atoms with E-state index in [0.717, 1.165) is 11.1 Å². The molecule has 0 aliphatic carbocycles. The smallest absolute Gasteiger partial charge is 0.294 e. The van der Waals surface area contributed by atoms with Crippen molar-refractivity contribution in [2.24, 2.45) is 0 Å². The molecule has 0 spiro atoms. The first-order chi connectivity index (χ1) is 16.4. The van der Waals surface area contributed by atoms with Crippen LogP contribution in [0.2, 0.25) is 0 Å². The van der Waals surface area contributed by atoms with Crippen molar-refractivity contribution in [2.75, 3.05) is 12.0 Å². The molecule has 3 heterocycles. The van der Waals surface area contributed by atoms with Gasteiger partial charge in [0.05, 0.1) is 18.7 Å². The Balaban J connectivity index is 1.66. The number of aromatic nitrogens is 1. The third-order valence-electron chi connectivity index (χ3n) is 6.17. The quantitative estimate of drug-likeness (QED) is 0.415. The molecule has 1 atom stereocenters. The van der Waals surface area contributed by atoms with Gasteiger partial charge in [-0.2, -0.15) is 0 Å². The maximum Gasteiger partial charge on any atom is 0.294 e. The molecule has 0 saturated carbocycles. The number of hydrogen-bond donors (Lipinski definition) is 1. The minimum atomic E-state index is -0.870. The van der Waals surface area contributed by atoms with E-state index in [2.05, 4.69) is 4.98 Å². The van der Waals surface area contributed by atoms with Gasteiger partial charge in [0.1, 0.15) is 0 Å². The number of amides is 1. The van der Waals surface area contributed by atoms with Gasteiger partial charge in [0.15, 0.2) is 22.9 Å². The predicted molar refractivity (Wildman–Crippen MR) is 127 cm³/mol. The van der Waals surface area contributed by atoms with Crippen LogP contribution in [0.4, 0.5) is 5.69 Å². The number of carbonyl (C=O) groups is 2. The number of aliphatic hydroxyl groups excluding tert-OH is 1. The van der Waals surface area contributed by atoms with E-state index in [1.54, 1.807) is 54.9 Å². The van der Waals surface area contributed by atoms with Crippen molar-refractivity contribution in [1.82, 2.24) is 4.98 Å². The maximum atomic E-state index is 13.7. The summed E-state index contributed by atoms with van der Waals surface area (Å²) in [5.74, 6) is -1.36. The fourth-order valence-corrected chi connectivity index (χ4v) is 4.27. The molecule has 7 heteroatoms.